The molecule has 1 aliphatic heterocycles. The van der Waals surface area contributed by atoms with Crippen molar-refractivity contribution in [3.8, 4) is 0 Å². The fourth-order valence-corrected chi connectivity index (χ4v) is 3.33. The number of halogens is 3. The van der Waals surface area contributed by atoms with E-state index in [2.05, 4.69) is 10.3 Å². The molecule has 2 aromatic rings. The Hall–Kier alpha value is -1.93. The number of nitrogens with zero attached hydrogens (tertiary/aromatic N) is 1. The van der Waals surface area contributed by atoms with Gasteiger partial charge >= 0.3 is 6.18 Å². The molecule has 0 spiro atoms. The van der Waals surface area contributed by atoms with Crippen molar-refractivity contribution in [2.75, 3.05) is 11.9 Å². The number of nitrogens with one attached hydrogen (secondary N) is 1. The maximum atomic E-state index is 12.7. The molecule has 24 heavy (non-hydrogen) atoms. The van der Waals surface area contributed by atoms with Crippen molar-refractivity contribution < 1.29 is 22.7 Å². The molecule has 0 aliphatic carbocycles. The molecule has 0 unspecified atom stereocenters. The molecule has 1 aliphatic rings. The Kier molecular flexibility index (Phi) is 4.86. The summed E-state index contributed by atoms with van der Waals surface area (Å²) in [6.45, 7) is 0.580. The van der Waals surface area contributed by atoms with Crippen molar-refractivity contribution in [3.63, 3.8) is 0 Å². The van der Waals surface area contributed by atoms with E-state index in [9.17, 15) is 18.0 Å². The largest absolute Gasteiger partial charge is 0.416 e. The van der Waals surface area contributed by atoms with Gasteiger partial charge in [-0.2, -0.15) is 13.2 Å². The number of rotatable bonds is 4. The summed E-state index contributed by atoms with van der Waals surface area (Å²) in [7, 11) is 0. The highest BCUT2D eigenvalue weighted by Gasteiger charge is 2.30. The van der Waals surface area contributed by atoms with Gasteiger partial charge in [0.05, 0.1) is 5.56 Å². The standard InChI is InChI=1S/C16H15F3N2O2S/c17-16(18,19)11-4-1-3-10(7-11)8-12-9-20-15(24-12)21-14(22)13-5-2-6-23-13/h1,3-4,7,9,13H,2,5-6,8H2,(H,20,21,22)/t13-/m0/s1. The number of amides is 1. The van der Waals surface area contributed by atoms with Crippen LogP contribution >= 0.6 is 11.3 Å². The first-order chi connectivity index (χ1) is 11.4. The number of benzene rings is 1. The summed E-state index contributed by atoms with van der Waals surface area (Å²) in [5.74, 6) is -0.229. The van der Waals surface area contributed by atoms with Crippen LogP contribution in [0.25, 0.3) is 0 Å². The number of carbonyl (C=O) groups is 1. The van der Waals surface area contributed by atoms with Gasteiger partial charge in [0.15, 0.2) is 5.13 Å². The molecule has 1 fully saturated rings. The second-order valence-electron chi connectivity index (χ2n) is 5.50. The summed E-state index contributed by atoms with van der Waals surface area (Å²) in [4.78, 5) is 16.8. The molecule has 1 N–H and O–H groups in total. The van der Waals surface area contributed by atoms with E-state index in [-0.39, 0.29) is 5.91 Å². The van der Waals surface area contributed by atoms with E-state index in [0.29, 0.717) is 30.1 Å². The number of hydrogen-bond donors (Lipinski definition) is 1. The van der Waals surface area contributed by atoms with Gasteiger partial charge in [-0.25, -0.2) is 4.98 Å². The van der Waals surface area contributed by atoms with E-state index in [1.54, 1.807) is 12.3 Å². The van der Waals surface area contributed by atoms with Gasteiger partial charge < -0.3 is 4.74 Å². The summed E-state index contributed by atoms with van der Waals surface area (Å²) < 4.78 is 43.5. The molecule has 0 bridgehead atoms. The third-order valence-electron chi connectivity index (χ3n) is 3.64. The van der Waals surface area contributed by atoms with Crippen LogP contribution in [0.3, 0.4) is 0 Å². The third-order valence-corrected chi connectivity index (χ3v) is 4.55. The molecule has 1 saturated heterocycles. The molecule has 1 aromatic carbocycles. The number of aromatic nitrogens is 1. The van der Waals surface area contributed by atoms with Crippen molar-refractivity contribution in [3.05, 3.63) is 46.5 Å². The van der Waals surface area contributed by atoms with E-state index in [0.717, 1.165) is 23.4 Å². The fraction of sp³-hybridized carbons (Fsp3) is 0.375. The maximum absolute atomic E-state index is 12.7. The highest BCUT2D eigenvalue weighted by atomic mass is 32.1. The minimum absolute atomic E-state index is 0.229. The summed E-state index contributed by atoms with van der Waals surface area (Å²) in [5, 5.41) is 3.12. The fourth-order valence-electron chi connectivity index (χ4n) is 2.48. The van der Waals surface area contributed by atoms with Crippen LogP contribution < -0.4 is 5.32 Å². The number of alkyl halides is 3. The lowest BCUT2D eigenvalue weighted by Crippen LogP contribution is -2.26. The van der Waals surface area contributed by atoms with Crippen LogP contribution in [0.2, 0.25) is 0 Å². The lowest BCUT2D eigenvalue weighted by Gasteiger charge is -2.08. The number of hydrogen-bond acceptors (Lipinski definition) is 4. The Morgan fingerprint density at radius 1 is 1.42 bits per heavy atom. The van der Waals surface area contributed by atoms with Crippen molar-refractivity contribution in [1.29, 1.82) is 0 Å². The van der Waals surface area contributed by atoms with Crippen molar-refractivity contribution in [1.82, 2.24) is 4.98 Å². The SMILES string of the molecule is O=C(Nc1ncc(Cc2cccc(C(F)(F)F)c2)s1)[C@@H]1CCCO1. The molecule has 1 atom stereocenters. The topological polar surface area (TPSA) is 51.2 Å². The number of ether oxygens (including phenoxy) is 1. The summed E-state index contributed by atoms with van der Waals surface area (Å²) in [6, 6.07) is 5.20. The zero-order valence-corrected chi connectivity index (χ0v) is 13.4. The van der Waals surface area contributed by atoms with E-state index in [1.807, 2.05) is 0 Å². The predicted octanol–water partition coefficient (Wildman–Crippen LogP) is 3.87. The van der Waals surface area contributed by atoms with E-state index >= 15 is 0 Å². The Bertz CT molecular complexity index is 724. The Morgan fingerprint density at radius 3 is 2.96 bits per heavy atom. The normalized spacial score (nSPS) is 17.9. The Labute approximate surface area is 140 Å². The molecular formula is C16H15F3N2O2S. The van der Waals surface area contributed by atoms with Crippen molar-refractivity contribution in [2.24, 2.45) is 0 Å². The highest BCUT2D eigenvalue weighted by Crippen LogP contribution is 2.30. The van der Waals surface area contributed by atoms with E-state index in [1.165, 1.54) is 17.4 Å². The first-order valence-corrected chi connectivity index (χ1v) is 8.27. The van der Waals surface area contributed by atoms with Gasteiger partial charge in [0.2, 0.25) is 0 Å². The van der Waals surface area contributed by atoms with Gasteiger partial charge in [-0.3, -0.25) is 10.1 Å². The zero-order valence-electron chi connectivity index (χ0n) is 12.6. The quantitative estimate of drug-likeness (QED) is 0.905. The summed E-state index contributed by atoms with van der Waals surface area (Å²) >= 11 is 1.25. The molecular weight excluding hydrogens is 341 g/mol. The second-order valence-corrected chi connectivity index (χ2v) is 6.61. The van der Waals surface area contributed by atoms with Crippen LogP contribution in [0.1, 0.15) is 28.8 Å². The minimum Gasteiger partial charge on any atom is -0.368 e. The molecule has 1 aromatic heterocycles. The first kappa shape index (κ1) is 16.9. The lowest BCUT2D eigenvalue weighted by molar-refractivity contribution is -0.137. The minimum atomic E-state index is -4.36. The molecule has 128 valence electrons. The van der Waals surface area contributed by atoms with Crippen LogP contribution in [0.5, 0.6) is 0 Å². The Balaban J connectivity index is 1.65. The third kappa shape index (κ3) is 4.12. The van der Waals surface area contributed by atoms with Crippen LogP contribution in [0, 0.1) is 0 Å². The monoisotopic (exact) mass is 356 g/mol. The lowest BCUT2D eigenvalue weighted by atomic mass is 10.1. The van der Waals surface area contributed by atoms with Crippen LogP contribution in [-0.2, 0) is 22.1 Å². The van der Waals surface area contributed by atoms with Gasteiger partial charge in [0, 0.05) is 24.1 Å². The number of anilines is 1. The van der Waals surface area contributed by atoms with Crippen molar-refractivity contribution in [2.45, 2.75) is 31.5 Å². The van der Waals surface area contributed by atoms with E-state index in [4.69, 9.17) is 4.74 Å². The van der Waals surface area contributed by atoms with E-state index < -0.39 is 17.8 Å². The zero-order chi connectivity index (χ0) is 17.2. The number of thiazole rings is 1. The van der Waals surface area contributed by atoms with Crippen LogP contribution in [0.4, 0.5) is 18.3 Å². The van der Waals surface area contributed by atoms with Gasteiger partial charge in [0.25, 0.3) is 5.91 Å². The molecule has 8 heteroatoms. The molecule has 4 nitrogen and oxygen atoms in total. The molecule has 0 radical (unpaired) electrons. The number of carbonyl (C=O) groups excluding carboxylic acids is 1. The van der Waals surface area contributed by atoms with Gasteiger partial charge in [0.1, 0.15) is 6.10 Å². The van der Waals surface area contributed by atoms with Gasteiger partial charge in [-0.05, 0) is 24.5 Å². The van der Waals surface area contributed by atoms with Crippen molar-refractivity contribution >= 4 is 22.4 Å². The van der Waals surface area contributed by atoms with Crippen LogP contribution in [0.15, 0.2) is 30.5 Å². The summed E-state index contributed by atoms with van der Waals surface area (Å²) in [6.07, 6.45) is -1.36. The summed E-state index contributed by atoms with van der Waals surface area (Å²) in [5.41, 5.74) is -0.123. The van der Waals surface area contributed by atoms with Gasteiger partial charge in [-0.15, -0.1) is 11.3 Å². The second kappa shape index (κ2) is 6.90. The molecule has 2 heterocycles. The average molecular weight is 356 g/mol. The molecule has 1 amide bonds. The predicted molar refractivity (Wildman–Crippen MR) is 84.0 cm³/mol. The molecule has 0 saturated carbocycles. The average Bonchev–Trinajstić information content (AvgIpc) is 3.18. The first-order valence-electron chi connectivity index (χ1n) is 7.45. The smallest absolute Gasteiger partial charge is 0.368 e. The Morgan fingerprint density at radius 2 is 2.25 bits per heavy atom. The van der Waals surface area contributed by atoms with Gasteiger partial charge in [-0.1, -0.05) is 18.2 Å². The maximum Gasteiger partial charge on any atom is 0.416 e. The highest BCUT2D eigenvalue weighted by molar-refractivity contribution is 7.15. The molecule has 3 rings (SSSR count). The van der Waals surface area contributed by atoms with Crippen LogP contribution in [-0.4, -0.2) is 23.6 Å².